The van der Waals surface area contributed by atoms with Gasteiger partial charge in [-0.1, -0.05) is 25.0 Å². The molecule has 1 amide bonds. The van der Waals surface area contributed by atoms with E-state index in [0.29, 0.717) is 5.56 Å². The van der Waals surface area contributed by atoms with Gasteiger partial charge in [-0.15, -0.1) is 0 Å². The van der Waals surface area contributed by atoms with Crippen molar-refractivity contribution >= 4 is 11.6 Å². The molecule has 0 aliphatic heterocycles. The van der Waals surface area contributed by atoms with Crippen LogP contribution in [0.4, 0.5) is 5.69 Å². The highest BCUT2D eigenvalue weighted by molar-refractivity contribution is 5.99. The van der Waals surface area contributed by atoms with Crippen LogP contribution in [0.25, 0.3) is 0 Å². The van der Waals surface area contributed by atoms with Crippen molar-refractivity contribution in [1.82, 2.24) is 5.32 Å². The molecule has 2 atom stereocenters. The van der Waals surface area contributed by atoms with Crippen molar-refractivity contribution in [3.8, 4) is 0 Å². The molecule has 0 saturated heterocycles. The molecule has 0 aromatic heterocycles. The largest absolute Gasteiger partial charge is 0.391 e. The van der Waals surface area contributed by atoms with E-state index in [2.05, 4.69) is 10.6 Å². The minimum absolute atomic E-state index is 0.115. The fourth-order valence-corrected chi connectivity index (χ4v) is 2.42. The second-order valence-corrected chi connectivity index (χ2v) is 4.73. The Balaban J connectivity index is 2.07. The number of hydrogen-bond acceptors (Lipinski definition) is 3. The lowest BCUT2D eigenvalue weighted by atomic mass is 9.92. The van der Waals surface area contributed by atoms with Gasteiger partial charge in [-0.2, -0.15) is 0 Å². The molecule has 1 saturated carbocycles. The molecule has 1 aromatic carbocycles. The number of anilines is 1. The lowest BCUT2D eigenvalue weighted by Crippen LogP contribution is -2.45. The maximum Gasteiger partial charge on any atom is 0.253 e. The first kappa shape index (κ1) is 12.9. The molecule has 0 unspecified atom stereocenters. The smallest absolute Gasteiger partial charge is 0.253 e. The van der Waals surface area contributed by atoms with Gasteiger partial charge in [-0.3, -0.25) is 4.79 Å². The number of nitrogens with one attached hydrogen (secondary N) is 2. The minimum atomic E-state index is -0.413. The van der Waals surface area contributed by atoms with Gasteiger partial charge in [0, 0.05) is 12.7 Å². The first-order valence-corrected chi connectivity index (χ1v) is 6.48. The summed E-state index contributed by atoms with van der Waals surface area (Å²) >= 11 is 0. The van der Waals surface area contributed by atoms with E-state index >= 15 is 0 Å². The van der Waals surface area contributed by atoms with E-state index < -0.39 is 6.10 Å². The zero-order valence-electron chi connectivity index (χ0n) is 10.6. The van der Waals surface area contributed by atoms with Gasteiger partial charge in [0.1, 0.15) is 0 Å². The lowest BCUT2D eigenvalue weighted by Gasteiger charge is -2.28. The standard InChI is InChI=1S/C14H20N2O2/c1-15-11-7-3-2-6-10(11)14(18)16-12-8-4-5-9-13(12)17/h2-3,6-7,12-13,15,17H,4-5,8-9H2,1H3,(H,16,18)/t12-,13-/m0/s1. The van der Waals surface area contributed by atoms with Gasteiger partial charge in [-0.05, 0) is 25.0 Å². The van der Waals surface area contributed by atoms with Crippen molar-refractivity contribution in [2.24, 2.45) is 0 Å². The highest BCUT2D eigenvalue weighted by Gasteiger charge is 2.25. The molecule has 1 aliphatic carbocycles. The summed E-state index contributed by atoms with van der Waals surface area (Å²) in [4.78, 5) is 12.2. The Morgan fingerprint density at radius 2 is 2.00 bits per heavy atom. The van der Waals surface area contributed by atoms with Crippen LogP contribution in [0.15, 0.2) is 24.3 Å². The summed E-state index contributed by atoms with van der Waals surface area (Å²) in [5.74, 6) is -0.120. The molecule has 0 radical (unpaired) electrons. The number of rotatable bonds is 3. The van der Waals surface area contributed by atoms with Crippen LogP contribution in [0.5, 0.6) is 0 Å². The van der Waals surface area contributed by atoms with Gasteiger partial charge in [-0.25, -0.2) is 0 Å². The third-order valence-corrected chi connectivity index (χ3v) is 3.49. The lowest BCUT2D eigenvalue weighted by molar-refractivity contribution is 0.0718. The van der Waals surface area contributed by atoms with E-state index in [1.165, 1.54) is 0 Å². The zero-order valence-corrected chi connectivity index (χ0v) is 10.6. The molecule has 1 fully saturated rings. The maximum absolute atomic E-state index is 12.2. The van der Waals surface area contributed by atoms with E-state index in [1.54, 1.807) is 13.1 Å². The number of aliphatic hydroxyl groups is 1. The Labute approximate surface area is 107 Å². The van der Waals surface area contributed by atoms with E-state index in [-0.39, 0.29) is 11.9 Å². The number of aliphatic hydroxyl groups excluding tert-OH is 1. The Bertz CT molecular complexity index is 420. The fourth-order valence-electron chi connectivity index (χ4n) is 2.42. The second-order valence-electron chi connectivity index (χ2n) is 4.73. The molecule has 0 bridgehead atoms. The summed E-state index contributed by atoms with van der Waals surface area (Å²) in [7, 11) is 1.79. The molecule has 0 heterocycles. The molecule has 4 nitrogen and oxygen atoms in total. The average Bonchev–Trinajstić information content (AvgIpc) is 2.41. The summed E-state index contributed by atoms with van der Waals surface area (Å²) in [6, 6.07) is 7.27. The predicted molar refractivity (Wildman–Crippen MR) is 71.7 cm³/mol. The van der Waals surface area contributed by atoms with Gasteiger partial charge >= 0.3 is 0 Å². The van der Waals surface area contributed by atoms with Crippen LogP contribution in [0.1, 0.15) is 36.0 Å². The number of benzene rings is 1. The quantitative estimate of drug-likeness (QED) is 0.764. The van der Waals surface area contributed by atoms with Gasteiger partial charge in [0.15, 0.2) is 0 Å². The van der Waals surface area contributed by atoms with Crippen molar-refractivity contribution in [3.63, 3.8) is 0 Å². The highest BCUT2D eigenvalue weighted by atomic mass is 16.3. The summed E-state index contributed by atoms with van der Waals surface area (Å²) in [6.45, 7) is 0. The summed E-state index contributed by atoms with van der Waals surface area (Å²) < 4.78 is 0. The zero-order chi connectivity index (χ0) is 13.0. The summed E-state index contributed by atoms with van der Waals surface area (Å²) in [5.41, 5.74) is 1.43. The molecule has 3 N–H and O–H groups in total. The highest BCUT2D eigenvalue weighted by Crippen LogP contribution is 2.20. The van der Waals surface area contributed by atoms with Gasteiger partial charge in [0.2, 0.25) is 0 Å². The Morgan fingerprint density at radius 1 is 1.28 bits per heavy atom. The van der Waals surface area contributed by atoms with Crippen LogP contribution in [0, 0.1) is 0 Å². The van der Waals surface area contributed by atoms with Gasteiger partial charge < -0.3 is 15.7 Å². The topological polar surface area (TPSA) is 61.4 Å². The Kier molecular flexibility index (Phi) is 4.20. The van der Waals surface area contributed by atoms with Crippen LogP contribution in [0.3, 0.4) is 0 Å². The fraction of sp³-hybridized carbons (Fsp3) is 0.500. The number of carbonyl (C=O) groups is 1. The number of para-hydroxylation sites is 1. The molecule has 1 aliphatic rings. The normalized spacial score (nSPS) is 23.4. The summed E-state index contributed by atoms with van der Waals surface area (Å²) in [6.07, 6.45) is 3.33. The Hall–Kier alpha value is -1.55. The molecular weight excluding hydrogens is 228 g/mol. The number of carbonyl (C=O) groups excluding carboxylic acids is 1. The molecule has 1 aromatic rings. The van der Waals surface area contributed by atoms with Crippen LogP contribution in [0.2, 0.25) is 0 Å². The molecule has 4 heteroatoms. The van der Waals surface area contributed by atoms with Crippen molar-refractivity contribution in [1.29, 1.82) is 0 Å². The molecular formula is C14H20N2O2. The van der Waals surface area contributed by atoms with Crippen LogP contribution in [-0.2, 0) is 0 Å². The van der Waals surface area contributed by atoms with Crippen LogP contribution in [-0.4, -0.2) is 30.2 Å². The minimum Gasteiger partial charge on any atom is -0.391 e. The van der Waals surface area contributed by atoms with Crippen molar-refractivity contribution in [3.05, 3.63) is 29.8 Å². The predicted octanol–water partition coefficient (Wildman–Crippen LogP) is 1.76. The van der Waals surface area contributed by atoms with Crippen molar-refractivity contribution in [2.45, 2.75) is 37.8 Å². The maximum atomic E-state index is 12.2. The van der Waals surface area contributed by atoms with Crippen molar-refractivity contribution < 1.29 is 9.90 Å². The van der Waals surface area contributed by atoms with Gasteiger partial charge in [0.05, 0.1) is 17.7 Å². The van der Waals surface area contributed by atoms with E-state index in [4.69, 9.17) is 0 Å². The molecule has 18 heavy (non-hydrogen) atoms. The van der Waals surface area contributed by atoms with Crippen LogP contribution < -0.4 is 10.6 Å². The SMILES string of the molecule is CNc1ccccc1C(=O)N[C@H]1CCCC[C@@H]1O. The average molecular weight is 248 g/mol. The van der Waals surface area contributed by atoms with E-state index in [1.807, 2.05) is 18.2 Å². The third-order valence-electron chi connectivity index (χ3n) is 3.49. The number of hydrogen-bond donors (Lipinski definition) is 3. The molecule has 98 valence electrons. The van der Waals surface area contributed by atoms with E-state index in [9.17, 15) is 9.90 Å². The van der Waals surface area contributed by atoms with Crippen LogP contribution >= 0.6 is 0 Å². The summed E-state index contributed by atoms with van der Waals surface area (Å²) in [5, 5.41) is 15.8. The first-order valence-electron chi connectivity index (χ1n) is 6.48. The van der Waals surface area contributed by atoms with Gasteiger partial charge in [0.25, 0.3) is 5.91 Å². The third kappa shape index (κ3) is 2.82. The number of amides is 1. The molecule has 0 spiro atoms. The Morgan fingerprint density at radius 3 is 2.72 bits per heavy atom. The second kappa shape index (κ2) is 5.87. The van der Waals surface area contributed by atoms with Crippen molar-refractivity contribution in [2.75, 3.05) is 12.4 Å². The first-order chi connectivity index (χ1) is 8.72. The molecule has 2 rings (SSSR count). The monoisotopic (exact) mass is 248 g/mol. The van der Waals surface area contributed by atoms with E-state index in [0.717, 1.165) is 31.4 Å².